The zero-order valence-corrected chi connectivity index (χ0v) is 18.5. The van der Waals surface area contributed by atoms with Gasteiger partial charge in [0, 0.05) is 6.54 Å². The number of carboxylic acid groups (broad SMARTS) is 1. The Kier molecular flexibility index (Phi) is 10.1. The first-order valence-electron chi connectivity index (χ1n) is 11.1. The van der Waals surface area contributed by atoms with Crippen LogP contribution >= 0.6 is 0 Å². The fraction of sp³-hybridized carbons (Fsp3) is 0.545. The van der Waals surface area contributed by atoms with Gasteiger partial charge in [-0.2, -0.15) is 0 Å². The number of aliphatic carboxylic acids is 1. The van der Waals surface area contributed by atoms with E-state index in [1.54, 1.807) is 12.1 Å². The smallest absolute Gasteiger partial charge is 0.326 e. The molecule has 1 aliphatic rings. The van der Waals surface area contributed by atoms with E-state index in [-0.39, 0.29) is 18.7 Å². The first-order chi connectivity index (χ1) is 15.7. The molecule has 11 heteroatoms. The monoisotopic (exact) mass is 463 g/mol. The molecule has 0 spiro atoms. The number of likely N-dealkylation sites (tertiary alicyclic amines) is 1. The van der Waals surface area contributed by atoms with Crippen molar-refractivity contribution < 1.29 is 29.4 Å². The van der Waals surface area contributed by atoms with E-state index in [1.807, 2.05) is 0 Å². The van der Waals surface area contributed by atoms with Crippen molar-refractivity contribution >= 4 is 23.7 Å². The third-order valence-electron chi connectivity index (χ3n) is 5.55. The van der Waals surface area contributed by atoms with Crippen molar-refractivity contribution in [2.24, 2.45) is 11.5 Å². The van der Waals surface area contributed by atoms with E-state index in [2.05, 4.69) is 10.6 Å². The molecule has 3 unspecified atom stereocenters. The number of phenolic OH excluding ortho intramolecular Hbond substituents is 1. The number of benzene rings is 1. The van der Waals surface area contributed by atoms with Crippen molar-refractivity contribution in [1.29, 1.82) is 0 Å². The minimum absolute atomic E-state index is 0.104. The topological polar surface area (TPSA) is 188 Å². The van der Waals surface area contributed by atoms with Crippen LogP contribution in [0.25, 0.3) is 0 Å². The summed E-state index contributed by atoms with van der Waals surface area (Å²) in [6.07, 6.45) is 2.74. The molecule has 8 N–H and O–H groups in total. The first-order valence-corrected chi connectivity index (χ1v) is 11.1. The maximum Gasteiger partial charge on any atom is 0.326 e. The second-order valence-corrected chi connectivity index (χ2v) is 8.13. The summed E-state index contributed by atoms with van der Waals surface area (Å²) in [7, 11) is 0. The summed E-state index contributed by atoms with van der Waals surface area (Å²) in [6, 6.07) is 3.58. The highest BCUT2D eigenvalue weighted by Crippen LogP contribution is 2.19. The molecule has 3 atom stereocenters. The fourth-order valence-corrected chi connectivity index (χ4v) is 3.76. The Morgan fingerprint density at radius 2 is 1.85 bits per heavy atom. The first kappa shape index (κ1) is 26.1. The Balaban J connectivity index is 1.90. The SMILES string of the molecule is NCCCCC(NC(=O)CNC(=O)C(N)Cc1ccc(O)cc1)C(=O)N1CCCC1C(=O)O. The number of carbonyl (C=O) groups excluding carboxylic acids is 3. The van der Waals surface area contributed by atoms with E-state index in [0.717, 1.165) is 5.56 Å². The molecule has 0 aliphatic carbocycles. The highest BCUT2D eigenvalue weighted by Gasteiger charge is 2.37. The molecule has 182 valence electrons. The third kappa shape index (κ3) is 8.03. The van der Waals surface area contributed by atoms with Gasteiger partial charge >= 0.3 is 5.97 Å². The van der Waals surface area contributed by atoms with Crippen LogP contribution in [0.5, 0.6) is 5.75 Å². The lowest BCUT2D eigenvalue weighted by Gasteiger charge is -2.27. The molecule has 1 aromatic carbocycles. The summed E-state index contributed by atoms with van der Waals surface area (Å²) in [5.74, 6) is -2.51. The number of carboxylic acids is 1. The molecule has 1 aliphatic heterocycles. The van der Waals surface area contributed by atoms with E-state index < -0.39 is 41.8 Å². The molecule has 0 aromatic heterocycles. The van der Waals surface area contributed by atoms with Crippen LogP contribution in [-0.2, 0) is 25.6 Å². The fourth-order valence-electron chi connectivity index (χ4n) is 3.76. The van der Waals surface area contributed by atoms with Crippen LogP contribution in [-0.4, -0.2) is 76.6 Å². The lowest BCUT2D eigenvalue weighted by atomic mass is 10.1. The number of unbranched alkanes of at least 4 members (excludes halogenated alkanes) is 1. The summed E-state index contributed by atoms with van der Waals surface area (Å²) in [4.78, 5) is 50.4. The number of hydrogen-bond donors (Lipinski definition) is 6. The van der Waals surface area contributed by atoms with Gasteiger partial charge in [0.1, 0.15) is 17.8 Å². The number of carbonyl (C=O) groups is 4. The largest absolute Gasteiger partial charge is 0.508 e. The molecule has 1 aromatic rings. The molecule has 0 saturated carbocycles. The Labute approximate surface area is 192 Å². The molecular formula is C22H33N5O6. The van der Waals surface area contributed by atoms with E-state index in [4.69, 9.17) is 11.5 Å². The minimum atomic E-state index is -1.07. The van der Waals surface area contributed by atoms with Crippen molar-refractivity contribution in [2.75, 3.05) is 19.6 Å². The molecule has 1 saturated heterocycles. The Hall–Kier alpha value is -3.18. The number of nitrogens with zero attached hydrogens (tertiary/aromatic N) is 1. The molecule has 33 heavy (non-hydrogen) atoms. The number of phenols is 1. The summed E-state index contributed by atoms with van der Waals surface area (Å²) in [6.45, 7) is 0.387. The van der Waals surface area contributed by atoms with Crippen molar-refractivity contribution in [3.05, 3.63) is 29.8 Å². The highest BCUT2D eigenvalue weighted by molar-refractivity contribution is 5.92. The molecule has 11 nitrogen and oxygen atoms in total. The van der Waals surface area contributed by atoms with Crippen LogP contribution in [0.4, 0.5) is 0 Å². The van der Waals surface area contributed by atoms with Crippen LogP contribution < -0.4 is 22.1 Å². The van der Waals surface area contributed by atoms with Crippen LogP contribution in [0.15, 0.2) is 24.3 Å². The molecule has 1 fully saturated rings. The predicted octanol–water partition coefficient (Wildman–Crippen LogP) is -0.932. The van der Waals surface area contributed by atoms with Gasteiger partial charge in [-0.3, -0.25) is 14.4 Å². The molecule has 3 amide bonds. The number of nitrogens with two attached hydrogens (primary N) is 2. The maximum atomic E-state index is 13.0. The van der Waals surface area contributed by atoms with Crippen LogP contribution in [0.1, 0.15) is 37.7 Å². The van der Waals surface area contributed by atoms with Gasteiger partial charge < -0.3 is 37.2 Å². The predicted molar refractivity (Wildman–Crippen MR) is 120 cm³/mol. The standard InChI is InChI=1S/C22H33N5O6/c23-10-2-1-4-17(21(31)27-11-3-5-18(27)22(32)33)26-19(29)13-25-20(30)16(24)12-14-6-8-15(28)9-7-14/h6-9,16-18,28H,1-5,10-13,23-24H2,(H,25,30)(H,26,29)(H,32,33). The van der Waals surface area contributed by atoms with Crippen molar-refractivity contribution in [1.82, 2.24) is 15.5 Å². The number of aromatic hydroxyl groups is 1. The second kappa shape index (κ2) is 12.8. The van der Waals surface area contributed by atoms with E-state index >= 15 is 0 Å². The number of amides is 3. The minimum Gasteiger partial charge on any atom is -0.508 e. The summed E-state index contributed by atoms with van der Waals surface area (Å²) < 4.78 is 0. The highest BCUT2D eigenvalue weighted by atomic mass is 16.4. The maximum absolute atomic E-state index is 13.0. The van der Waals surface area contributed by atoms with Crippen LogP contribution in [0.2, 0.25) is 0 Å². The van der Waals surface area contributed by atoms with Gasteiger partial charge in [0.15, 0.2) is 0 Å². The van der Waals surface area contributed by atoms with Crippen LogP contribution in [0, 0.1) is 0 Å². The number of rotatable bonds is 12. The Morgan fingerprint density at radius 3 is 2.48 bits per heavy atom. The number of hydrogen-bond acceptors (Lipinski definition) is 7. The quantitative estimate of drug-likeness (QED) is 0.214. The second-order valence-electron chi connectivity index (χ2n) is 8.13. The van der Waals surface area contributed by atoms with Gasteiger partial charge in [-0.05, 0) is 62.8 Å². The Morgan fingerprint density at radius 1 is 1.15 bits per heavy atom. The van der Waals surface area contributed by atoms with Crippen LogP contribution in [0.3, 0.4) is 0 Å². The van der Waals surface area contributed by atoms with Gasteiger partial charge in [0.2, 0.25) is 17.7 Å². The average Bonchev–Trinajstić information content (AvgIpc) is 3.28. The summed E-state index contributed by atoms with van der Waals surface area (Å²) in [5.41, 5.74) is 12.2. The van der Waals surface area contributed by atoms with Gasteiger partial charge in [-0.15, -0.1) is 0 Å². The Bertz CT molecular complexity index is 831. The normalized spacial score (nSPS) is 17.3. The molecule has 0 radical (unpaired) electrons. The lowest BCUT2D eigenvalue weighted by molar-refractivity contribution is -0.149. The van der Waals surface area contributed by atoms with Gasteiger partial charge in [-0.25, -0.2) is 4.79 Å². The zero-order chi connectivity index (χ0) is 24.4. The summed E-state index contributed by atoms with van der Waals surface area (Å²) in [5, 5.41) is 23.7. The summed E-state index contributed by atoms with van der Waals surface area (Å²) >= 11 is 0. The van der Waals surface area contributed by atoms with E-state index in [9.17, 15) is 29.4 Å². The third-order valence-corrected chi connectivity index (χ3v) is 5.55. The van der Waals surface area contributed by atoms with Crippen molar-refractivity contribution in [3.8, 4) is 5.75 Å². The average molecular weight is 464 g/mol. The molecular weight excluding hydrogens is 430 g/mol. The number of nitrogens with one attached hydrogen (secondary N) is 2. The van der Waals surface area contributed by atoms with Gasteiger partial charge in [-0.1, -0.05) is 12.1 Å². The molecule has 0 bridgehead atoms. The molecule has 1 heterocycles. The zero-order valence-electron chi connectivity index (χ0n) is 18.5. The van der Waals surface area contributed by atoms with Gasteiger partial charge in [0.25, 0.3) is 0 Å². The van der Waals surface area contributed by atoms with Crippen molar-refractivity contribution in [3.63, 3.8) is 0 Å². The van der Waals surface area contributed by atoms with E-state index in [1.165, 1.54) is 17.0 Å². The van der Waals surface area contributed by atoms with Crippen molar-refractivity contribution in [2.45, 2.75) is 56.7 Å². The lowest BCUT2D eigenvalue weighted by Crippen LogP contribution is -2.53. The molecule has 2 rings (SSSR count). The van der Waals surface area contributed by atoms with E-state index in [0.29, 0.717) is 45.2 Å². The van der Waals surface area contributed by atoms with Gasteiger partial charge in [0.05, 0.1) is 12.6 Å².